The van der Waals surface area contributed by atoms with Crippen molar-refractivity contribution in [2.75, 3.05) is 0 Å². The molecule has 1 aliphatic heterocycles. The smallest absolute Gasteiger partial charge is 0.279 e. The van der Waals surface area contributed by atoms with Crippen LogP contribution in [0.5, 0.6) is 0 Å². The summed E-state index contributed by atoms with van der Waals surface area (Å²) >= 11 is 0. The maximum atomic E-state index is 10.8. The molecule has 0 bridgehead atoms. The highest BCUT2D eigenvalue weighted by Gasteiger charge is 2.13. The molecule has 74 valence electrons. The van der Waals surface area contributed by atoms with Crippen molar-refractivity contribution in [2.45, 2.75) is 6.61 Å². The van der Waals surface area contributed by atoms with E-state index < -0.39 is 10.0 Å². The third-order valence-electron chi connectivity index (χ3n) is 1.55. The van der Waals surface area contributed by atoms with Gasteiger partial charge < -0.3 is 9.15 Å². The van der Waals surface area contributed by atoms with E-state index in [1.165, 1.54) is 6.26 Å². The first-order chi connectivity index (χ1) is 6.66. The van der Waals surface area contributed by atoms with Crippen molar-refractivity contribution >= 4 is 16.2 Å². The number of rotatable bonds is 3. The highest BCUT2D eigenvalue weighted by Crippen LogP contribution is 2.12. The number of furan rings is 1. The molecule has 2 rings (SSSR count). The van der Waals surface area contributed by atoms with Gasteiger partial charge in [0.1, 0.15) is 12.4 Å². The largest absolute Gasteiger partial charge is 0.483 e. The molecule has 0 aliphatic carbocycles. The fourth-order valence-corrected chi connectivity index (χ4v) is 1.69. The standard InChI is InChI=1S/C8H7NO4S/c10-14(11)6-8(4-9-14)13-5-7-2-1-3-12-7/h1-4,6H,5H2. The Balaban J connectivity index is 1.99. The third kappa shape index (κ3) is 2.02. The minimum Gasteiger partial charge on any atom is -0.483 e. The average Bonchev–Trinajstić information content (AvgIpc) is 2.70. The van der Waals surface area contributed by atoms with E-state index in [1.54, 1.807) is 12.1 Å². The lowest BCUT2D eigenvalue weighted by Gasteiger charge is -1.99. The van der Waals surface area contributed by atoms with E-state index in [0.717, 1.165) is 11.6 Å². The molecule has 0 spiro atoms. The molecule has 0 saturated carbocycles. The van der Waals surface area contributed by atoms with Crippen LogP contribution in [0.25, 0.3) is 0 Å². The fraction of sp³-hybridized carbons (Fsp3) is 0.125. The Morgan fingerprint density at radius 1 is 1.50 bits per heavy atom. The lowest BCUT2D eigenvalue weighted by Crippen LogP contribution is -1.91. The van der Waals surface area contributed by atoms with Crippen LogP contribution in [0.1, 0.15) is 5.76 Å². The zero-order valence-electron chi connectivity index (χ0n) is 7.08. The molecule has 6 heteroatoms. The maximum absolute atomic E-state index is 10.8. The minimum absolute atomic E-state index is 0.195. The summed E-state index contributed by atoms with van der Waals surface area (Å²) in [5.74, 6) is 0.852. The molecule has 0 radical (unpaired) electrons. The SMILES string of the molecule is O=S1(=O)C=C(OCc2ccco2)C=N1. The lowest BCUT2D eigenvalue weighted by molar-refractivity contribution is 0.196. The van der Waals surface area contributed by atoms with Crippen molar-refractivity contribution < 1.29 is 17.6 Å². The molecular formula is C8H7NO4S. The summed E-state index contributed by atoms with van der Waals surface area (Å²) in [6.45, 7) is 0.195. The molecule has 14 heavy (non-hydrogen) atoms. The van der Waals surface area contributed by atoms with Gasteiger partial charge >= 0.3 is 0 Å². The molecule has 0 atom stereocenters. The predicted molar refractivity (Wildman–Crippen MR) is 49.0 cm³/mol. The summed E-state index contributed by atoms with van der Waals surface area (Å²) < 4.78 is 35.0. The highest BCUT2D eigenvalue weighted by molar-refractivity contribution is 7.93. The first kappa shape index (κ1) is 9.01. The summed E-state index contributed by atoms with van der Waals surface area (Å²) in [5.41, 5.74) is 0. The average molecular weight is 213 g/mol. The van der Waals surface area contributed by atoms with Gasteiger partial charge in [0.15, 0.2) is 5.76 Å². The minimum atomic E-state index is -3.43. The van der Waals surface area contributed by atoms with Crippen molar-refractivity contribution in [3.63, 3.8) is 0 Å². The quantitative estimate of drug-likeness (QED) is 0.752. The topological polar surface area (TPSA) is 68.9 Å². The van der Waals surface area contributed by atoms with Crippen LogP contribution in [0.4, 0.5) is 0 Å². The van der Waals surface area contributed by atoms with E-state index in [9.17, 15) is 8.42 Å². The zero-order chi connectivity index (χ0) is 10.0. The van der Waals surface area contributed by atoms with E-state index in [2.05, 4.69) is 4.40 Å². The Bertz CT molecular complexity index is 469. The van der Waals surface area contributed by atoms with Crippen LogP contribution in [0.15, 0.2) is 38.4 Å². The fourth-order valence-electron chi connectivity index (χ4n) is 0.954. The number of hydrogen-bond acceptors (Lipinski definition) is 4. The third-order valence-corrected chi connectivity index (χ3v) is 2.48. The van der Waals surface area contributed by atoms with Crippen LogP contribution in [-0.4, -0.2) is 14.6 Å². The van der Waals surface area contributed by atoms with Gasteiger partial charge in [-0.25, -0.2) is 0 Å². The van der Waals surface area contributed by atoms with E-state index in [0.29, 0.717) is 5.76 Å². The second-order valence-electron chi connectivity index (χ2n) is 2.64. The van der Waals surface area contributed by atoms with E-state index >= 15 is 0 Å². The molecule has 2 heterocycles. The van der Waals surface area contributed by atoms with E-state index in [4.69, 9.17) is 9.15 Å². The van der Waals surface area contributed by atoms with Gasteiger partial charge in [-0.3, -0.25) is 0 Å². The Morgan fingerprint density at radius 2 is 2.36 bits per heavy atom. The summed E-state index contributed by atoms with van der Waals surface area (Å²) in [4.78, 5) is 0. The molecule has 0 N–H and O–H groups in total. The highest BCUT2D eigenvalue weighted by atomic mass is 32.2. The molecular weight excluding hydrogens is 206 g/mol. The van der Waals surface area contributed by atoms with Crippen molar-refractivity contribution in [3.05, 3.63) is 35.3 Å². The zero-order valence-corrected chi connectivity index (χ0v) is 7.90. The van der Waals surface area contributed by atoms with Crippen LogP contribution in [0.3, 0.4) is 0 Å². The maximum Gasteiger partial charge on any atom is 0.279 e. The molecule has 0 aromatic carbocycles. The number of allylic oxidation sites excluding steroid dienone is 1. The van der Waals surface area contributed by atoms with Crippen molar-refractivity contribution in [1.29, 1.82) is 0 Å². The van der Waals surface area contributed by atoms with Crippen LogP contribution in [0.2, 0.25) is 0 Å². The van der Waals surface area contributed by atoms with Crippen molar-refractivity contribution in [2.24, 2.45) is 4.40 Å². The van der Waals surface area contributed by atoms with Crippen LogP contribution in [0, 0.1) is 0 Å². The lowest BCUT2D eigenvalue weighted by atomic mass is 10.5. The molecule has 0 amide bonds. The number of ether oxygens (including phenoxy) is 1. The summed E-state index contributed by atoms with van der Waals surface area (Å²) in [6.07, 6.45) is 2.69. The summed E-state index contributed by atoms with van der Waals surface area (Å²) in [5, 5.41) is 0.968. The van der Waals surface area contributed by atoms with Crippen molar-refractivity contribution in [3.8, 4) is 0 Å². The van der Waals surface area contributed by atoms with Gasteiger partial charge in [-0.1, -0.05) is 0 Å². The molecule has 0 fully saturated rings. The predicted octanol–water partition coefficient (Wildman–Crippen LogP) is 1.05. The normalized spacial score (nSPS) is 18.1. The first-order valence-electron chi connectivity index (χ1n) is 3.83. The second-order valence-corrected chi connectivity index (χ2v) is 4.11. The van der Waals surface area contributed by atoms with Gasteiger partial charge in [-0.15, -0.1) is 0 Å². The van der Waals surface area contributed by atoms with Gasteiger partial charge in [0.05, 0.1) is 17.9 Å². The Morgan fingerprint density at radius 3 is 2.93 bits per heavy atom. The van der Waals surface area contributed by atoms with E-state index in [-0.39, 0.29) is 12.4 Å². The first-order valence-corrected chi connectivity index (χ1v) is 5.33. The van der Waals surface area contributed by atoms with Gasteiger partial charge in [0.2, 0.25) is 0 Å². The molecule has 0 unspecified atom stereocenters. The molecule has 1 aromatic heterocycles. The molecule has 1 aromatic rings. The number of sulfonamides is 1. The molecule has 1 aliphatic rings. The number of nitrogens with zero attached hydrogens (tertiary/aromatic N) is 1. The summed E-state index contributed by atoms with van der Waals surface area (Å²) in [7, 11) is -3.43. The Hall–Kier alpha value is -1.56. The Kier molecular flexibility index (Phi) is 2.12. The van der Waals surface area contributed by atoms with Crippen molar-refractivity contribution in [1.82, 2.24) is 0 Å². The number of hydrogen-bond donors (Lipinski definition) is 0. The monoisotopic (exact) mass is 213 g/mol. The second kappa shape index (κ2) is 3.30. The van der Waals surface area contributed by atoms with E-state index in [1.807, 2.05) is 0 Å². The van der Waals surface area contributed by atoms with Crippen LogP contribution < -0.4 is 0 Å². The van der Waals surface area contributed by atoms with Gasteiger partial charge in [0, 0.05) is 0 Å². The van der Waals surface area contributed by atoms with Crippen LogP contribution in [-0.2, 0) is 21.4 Å². The Labute approximate surface area is 80.8 Å². The van der Waals surface area contributed by atoms with Gasteiger partial charge in [-0.2, -0.15) is 12.8 Å². The summed E-state index contributed by atoms with van der Waals surface area (Å²) in [6, 6.07) is 3.47. The molecule has 0 saturated heterocycles. The van der Waals surface area contributed by atoms with Gasteiger partial charge in [0.25, 0.3) is 10.0 Å². The molecule has 5 nitrogen and oxygen atoms in total. The van der Waals surface area contributed by atoms with Crippen LogP contribution >= 0.6 is 0 Å². The van der Waals surface area contributed by atoms with Gasteiger partial charge in [-0.05, 0) is 12.1 Å².